The molecule has 4 nitrogen and oxygen atoms in total. The van der Waals surface area contributed by atoms with E-state index in [-0.39, 0.29) is 6.04 Å². The molecule has 0 saturated heterocycles. The summed E-state index contributed by atoms with van der Waals surface area (Å²) in [5.41, 5.74) is 5.48. The van der Waals surface area contributed by atoms with Crippen molar-refractivity contribution in [2.24, 2.45) is 5.73 Å². The number of thiophene rings is 1. The molecule has 0 spiro atoms. The van der Waals surface area contributed by atoms with E-state index in [0.29, 0.717) is 10.8 Å². The van der Waals surface area contributed by atoms with Crippen LogP contribution in [0, 0.1) is 0 Å². The summed E-state index contributed by atoms with van der Waals surface area (Å²) >= 11 is 1.32. The average molecular weight is 290 g/mol. The molecule has 2 N–H and O–H groups in total. The molecule has 0 saturated carbocycles. The normalized spacial score (nSPS) is 12.6. The van der Waals surface area contributed by atoms with Crippen molar-refractivity contribution in [2.75, 3.05) is 13.6 Å². The Morgan fingerprint density at radius 2 is 1.94 bits per heavy atom. The van der Waals surface area contributed by atoms with Crippen molar-refractivity contribution in [1.82, 2.24) is 4.31 Å². The molecule has 0 atom stereocenters. The molecule has 18 heavy (non-hydrogen) atoms. The zero-order valence-corrected chi connectivity index (χ0v) is 12.9. The molecule has 1 aromatic rings. The third kappa shape index (κ3) is 3.32. The lowest BCUT2D eigenvalue weighted by molar-refractivity contribution is 0.350. The van der Waals surface area contributed by atoms with Gasteiger partial charge in [0, 0.05) is 18.0 Å². The molecule has 0 fully saturated rings. The predicted octanol–water partition coefficient (Wildman–Crippen LogP) is 2.06. The molecule has 1 rings (SSSR count). The maximum Gasteiger partial charge on any atom is 0.252 e. The molecule has 0 bridgehead atoms. The van der Waals surface area contributed by atoms with Crippen LogP contribution in [0.4, 0.5) is 0 Å². The Bertz CT molecular complexity index is 464. The van der Waals surface area contributed by atoms with Crippen molar-refractivity contribution < 1.29 is 8.42 Å². The van der Waals surface area contributed by atoms with E-state index >= 15 is 0 Å². The highest BCUT2D eigenvalue weighted by atomic mass is 32.2. The van der Waals surface area contributed by atoms with Crippen LogP contribution in [0.25, 0.3) is 0 Å². The molecule has 104 valence electrons. The van der Waals surface area contributed by atoms with Crippen molar-refractivity contribution in [3.63, 3.8) is 0 Å². The van der Waals surface area contributed by atoms with Crippen LogP contribution >= 0.6 is 11.3 Å². The second kappa shape index (κ2) is 6.65. The van der Waals surface area contributed by atoms with E-state index in [0.717, 1.165) is 24.1 Å². The Morgan fingerprint density at radius 3 is 2.44 bits per heavy atom. The van der Waals surface area contributed by atoms with Gasteiger partial charge in [-0.05, 0) is 37.9 Å². The monoisotopic (exact) mass is 290 g/mol. The minimum Gasteiger partial charge on any atom is -0.330 e. The molecule has 0 aliphatic rings. The molecular formula is C12H22N2O2S2. The van der Waals surface area contributed by atoms with Crippen LogP contribution in [0.2, 0.25) is 0 Å². The van der Waals surface area contributed by atoms with Crippen LogP contribution in [0.3, 0.4) is 0 Å². The van der Waals surface area contributed by atoms with Gasteiger partial charge in [0.2, 0.25) is 0 Å². The van der Waals surface area contributed by atoms with E-state index in [1.807, 2.05) is 19.9 Å². The lowest BCUT2D eigenvalue weighted by atomic mass is 10.2. The Hall–Kier alpha value is -0.430. The molecule has 0 aromatic carbocycles. The van der Waals surface area contributed by atoms with Gasteiger partial charge in [0.05, 0.1) is 0 Å². The van der Waals surface area contributed by atoms with Crippen LogP contribution in [0.5, 0.6) is 0 Å². The second-order valence-corrected chi connectivity index (χ2v) is 7.64. The van der Waals surface area contributed by atoms with Gasteiger partial charge >= 0.3 is 0 Å². The third-order valence-corrected chi connectivity index (χ3v) is 6.64. The zero-order chi connectivity index (χ0) is 13.8. The van der Waals surface area contributed by atoms with E-state index in [1.54, 1.807) is 13.1 Å². The molecule has 1 heterocycles. The maximum atomic E-state index is 12.4. The molecule has 6 heteroatoms. The van der Waals surface area contributed by atoms with Crippen molar-refractivity contribution in [3.05, 3.63) is 17.0 Å². The molecule has 0 amide bonds. The topological polar surface area (TPSA) is 63.4 Å². The summed E-state index contributed by atoms with van der Waals surface area (Å²) in [5, 5.41) is 0. The number of hydrogen-bond acceptors (Lipinski definition) is 4. The first kappa shape index (κ1) is 15.6. The third-order valence-electron chi connectivity index (χ3n) is 3.12. The van der Waals surface area contributed by atoms with Gasteiger partial charge in [0.25, 0.3) is 10.0 Å². The van der Waals surface area contributed by atoms with Crippen molar-refractivity contribution >= 4 is 21.4 Å². The number of sulfonamides is 1. The zero-order valence-electron chi connectivity index (χ0n) is 11.2. The summed E-state index contributed by atoms with van der Waals surface area (Å²) in [6, 6.07) is 3.60. The SMILES string of the molecule is CCC(CC)N(C)S(=O)(=O)c1ccc(CCN)s1. The average Bonchev–Trinajstić information content (AvgIpc) is 2.80. The fourth-order valence-corrected chi connectivity index (χ4v) is 4.97. The lowest BCUT2D eigenvalue weighted by Gasteiger charge is -2.24. The molecule has 0 aliphatic carbocycles. The first-order valence-corrected chi connectivity index (χ1v) is 8.49. The molecule has 0 unspecified atom stereocenters. The van der Waals surface area contributed by atoms with Gasteiger partial charge in [0.1, 0.15) is 4.21 Å². The molecule has 0 aliphatic heterocycles. The molecular weight excluding hydrogens is 268 g/mol. The summed E-state index contributed by atoms with van der Waals surface area (Å²) in [4.78, 5) is 1.02. The predicted molar refractivity (Wildman–Crippen MR) is 76.4 cm³/mol. The first-order chi connectivity index (χ1) is 8.47. The standard InChI is InChI=1S/C12H22N2O2S2/c1-4-10(5-2)14(3)18(15,16)12-7-6-11(17-12)8-9-13/h6-7,10H,4-5,8-9,13H2,1-3H3. The maximum absolute atomic E-state index is 12.4. The minimum atomic E-state index is -3.35. The van der Waals surface area contributed by atoms with Gasteiger partial charge in [-0.1, -0.05) is 13.8 Å². The second-order valence-electron chi connectivity index (χ2n) is 4.25. The largest absolute Gasteiger partial charge is 0.330 e. The highest BCUT2D eigenvalue weighted by molar-refractivity contribution is 7.91. The van der Waals surface area contributed by atoms with Crippen LogP contribution in [0.15, 0.2) is 16.3 Å². The lowest BCUT2D eigenvalue weighted by Crippen LogP contribution is -2.35. The number of rotatable bonds is 7. The smallest absolute Gasteiger partial charge is 0.252 e. The van der Waals surface area contributed by atoms with Gasteiger partial charge in [-0.2, -0.15) is 4.31 Å². The molecule has 1 aromatic heterocycles. The van der Waals surface area contributed by atoms with Crippen LogP contribution < -0.4 is 5.73 Å². The summed E-state index contributed by atoms with van der Waals surface area (Å²) in [6.45, 7) is 4.56. The Labute approximate surface area is 114 Å². The summed E-state index contributed by atoms with van der Waals surface area (Å²) < 4.78 is 26.7. The Kier molecular flexibility index (Phi) is 5.78. The van der Waals surface area contributed by atoms with Gasteiger partial charge in [0.15, 0.2) is 0 Å². The van der Waals surface area contributed by atoms with Gasteiger partial charge < -0.3 is 5.73 Å². The first-order valence-electron chi connectivity index (χ1n) is 6.24. The van der Waals surface area contributed by atoms with Crippen molar-refractivity contribution in [1.29, 1.82) is 0 Å². The van der Waals surface area contributed by atoms with Crippen molar-refractivity contribution in [2.45, 2.75) is 43.4 Å². The fourth-order valence-electron chi connectivity index (χ4n) is 1.91. The highest BCUT2D eigenvalue weighted by Crippen LogP contribution is 2.26. The van der Waals surface area contributed by atoms with E-state index in [4.69, 9.17) is 5.73 Å². The van der Waals surface area contributed by atoms with Gasteiger partial charge in [-0.3, -0.25) is 0 Å². The van der Waals surface area contributed by atoms with Crippen LogP contribution in [0.1, 0.15) is 31.6 Å². The van der Waals surface area contributed by atoms with Gasteiger partial charge in [-0.15, -0.1) is 11.3 Å². The Balaban J connectivity index is 2.97. The highest BCUT2D eigenvalue weighted by Gasteiger charge is 2.27. The summed E-state index contributed by atoms with van der Waals surface area (Å²) in [5.74, 6) is 0. The Morgan fingerprint density at radius 1 is 1.33 bits per heavy atom. The molecule has 0 radical (unpaired) electrons. The summed E-state index contributed by atoms with van der Waals surface area (Å²) in [7, 11) is -1.69. The van der Waals surface area contributed by atoms with E-state index in [1.165, 1.54) is 15.6 Å². The fraction of sp³-hybridized carbons (Fsp3) is 0.667. The number of nitrogens with zero attached hydrogens (tertiary/aromatic N) is 1. The number of hydrogen-bond donors (Lipinski definition) is 1. The number of nitrogens with two attached hydrogens (primary N) is 1. The van der Waals surface area contributed by atoms with E-state index in [9.17, 15) is 8.42 Å². The van der Waals surface area contributed by atoms with Crippen LogP contribution in [-0.2, 0) is 16.4 Å². The van der Waals surface area contributed by atoms with E-state index in [2.05, 4.69) is 0 Å². The van der Waals surface area contributed by atoms with Gasteiger partial charge in [-0.25, -0.2) is 8.42 Å². The minimum absolute atomic E-state index is 0.0649. The van der Waals surface area contributed by atoms with E-state index < -0.39 is 10.0 Å². The van der Waals surface area contributed by atoms with Crippen LogP contribution in [-0.4, -0.2) is 32.4 Å². The quantitative estimate of drug-likeness (QED) is 0.836. The van der Waals surface area contributed by atoms with Crippen molar-refractivity contribution in [3.8, 4) is 0 Å². The summed E-state index contributed by atoms with van der Waals surface area (Å²) in [6.07, 6.45) is 2.38.